The molecule has 1 saturated heterocycles. The van der Waals surface area contributed by atoms with Gasteiger partial charge in [0, 0.05) is 44.5 Å². The van der Waals surface area contributed by atoms with Gasteiger partial charge in [0.05, 0.1) is 0 Å². The van der Waals surface area contributed by atoms with Gasteiger partial charge in [0.2, 0.25) is 43.3 Å². The molecular formula is C56H40O12Si4. The standard InChI is InChI=1S/C56H40O12Si4/c57-49(41-25-9-1-10-26-41)69(50(58)42-27-11-2-12-28-42)65-70(51(59)43-29-13-3-14-30-43,52(60)44-31-15-4-16-32-44)67-72(55(63)47-37-21-7-22-38-47,56(64)48-39-23-8-24-40-48)68-71(66-69,53(61)45-33-17-5-18-34-45)54(62)46-35-19-6-20-36-46/h1-40H. The maximum atomic E-state index is 16.2. The van der Waals surface area contributed by atoms with Crippen LogP contribution in [0.25, 0.3) is 0 Å². The minimum atomic E-state index is -6.29. The van der Waals surface area contributed by atoms with Crippen LogP contribution in [0.5, 0.6) is 0 Å². The summed E-state index contributed by atoms with van der Waals surface area (Å²) >= 11 is 0. The number of carbonyl (C=O) groups excluding carboxylic acids is 8. The van der Waals surface area contributed by atoms with Crippen LogP contribution >= 0.6 is 0 Å². The van der Waals surface area contributed by atoms with Crippen molar-refractivity contribution in [2.75, 3.05) is 0 Å². The van der Waals surface area contributed by atoms with Gasteiger partial charge in [-0.15, -0.1) is 0 Å². The molecule has 0 bridgehead atoms. The fourth-order valence-electron chi connectivity index (χ4n) is 8.28. The highest BCUT2D eigenvalue weighted by molar-refractivity contribution is 7.40. The summed E-state index contributed by atoms with van der Waals surface area (Å²) in [4.78, 5) is 130. The van der Waals surface area contributed by atoms with Crippen molar-refractivity contribution in [2.45, 2.75) is 0 Å². The lowest BCUT2D eigenvalue weighted by Crippen LogP contribution is -2.83. The van der Waals surface area contributed by atoms with E-state index in [2.05, 4.69) is 0 Å². The largest absolute Gasteiger partial charge is 0.475 e. The van der Waals surface area contributed by atoms with Crippen molar-refractivity contribution in [3.05, 3.63) is 287 Å². The lowest BCUT2D eigenvalue weighted by atomic mass is 10.2. The molecule has 1 heterocycles. The molecule has 9 rings (SSSR count). The molecule has 1 aliphatic rings. The van der Waals surface area contributed by atoms with Crippen LogP contribution in [0.3, 0.4) is 0 Å². The van der Waals surface area contributed by atoms with E-state index < -0.39 is 77.5 Å². The molecule has 0 radical (unpaired) electrons. The molecule has 0 unspecified atom stereocenters. The molecule has 0 saturated carbocycles. The molecule has 1 aliphatic heterocycles. The molecule has 8 aromatic rings. The predicted molar refractivity (Wildman–Crippen MR) is 274 cm³/mol. The molecule has 0 amide bonds. The van der Waals surface area contributed by atoms with Gasteiger partial charge in [-0.05, 0) is 0 Å². The Hall–Kier alpha value is -8.17. The molecule has 352 valence electrons. The second-order valence-electron chi connectivity index (χ2n) is 16.4. The molecule has 0 atom stereocenters. The highest BCUT2D eigenvalue weighted by Crippen LogP contribution is 2.42. The Balaban J connectivity index is 1.52. The van der Waals surface area contributed by atoms with E-state index in [1.807, 2.05) is 0 Å². The molecule has 0 aliphatic carbocycles. The van der Waals surface area contributed by atoms with Gasteiger partial charge in [0.15, 0.2) is 0 Å². The van der Waals surface area contributed by atoms with Crippen LogP contribution in [0.2, 0.25) is 0 Å². The van der Waals surface area contributed by atoms with Crippen molar-refractivity contribution in [3.63, 3.8) is 0 Å². The average molecular weight is 1020 g/mol. The van der Waals surface area contributed by atoms with Gasteiger partial charge in [0.25, 0.3) is 0 Å². The molecule has 8 aromatic carbocycles. The fraction of sp³-hybridized carbons (Fsp3) is 0. The zero-order chi connectivity index (χ0) is 50.4. The van der Waals surface area contributed by atoms with Crippen molar-refractivity contribution in [3.8, 4) is 0 Å². The molecule has 0 N–H and O–H groups in total. The Morgan fingerprint density at radius 2 is 0.278 bits per heavy atom. The molecule has 0 spiro atoms. The monoisotopic (exact) mass is 1020 g/mol. The van der Waals surface area contributed by atoms with E-state index >= 15 is 38.4 Å². The summed E-state index contributed by atoms with van der Waals surface area (Å²) in [5, 5.41) is -10.0. The van der Waals surface area contributed by atoms with Gasteiger partial charge in [-0.3, -0.25) is 38.4 Å². The Morgan fingerprint density at radius 3 is 0.375 bits per heavy atom. The van der Waals surface area contributed by atoms with Crippen LogP contribution in [0.15, 0.2) is 243 Å². The summed E-state index contributed by atoms with van der Waals surface area (Å²) in [7, 11) is -25.1. The smallest absolute Gasteiger partial charge is 0.394 e. The third-order valence-electron chi connectivity index (χ3n) is 11.8. The second-order valence-corrected chi connectivity index (χ2v) is 28.3. The molecule has 1 fully saturated rings. The van der Waals surface area contributed by atoms with Gasteiger partial charge in [-0.1, -0.05) is 243 Å². The third-order valence-corrected chi connectivity index (χ3v) is 28.1. The van der Waals surface area contributed by atoms with E-state index in [4.69, 9.17) is 16.5 Å². The number of carbonyl (C=O) groups is 8. The zero-order valence-electron chi connectivity index (χ0n) is 38.0. The van der Waals surface area contributed by atoms with E-state index in [1.165, 1.54) is 194 Å². The van der Waals surface area contributed by atoms with Gasteiger partial charge in [-0.2, -0.15) is 0 Å². The third kappa shape index (κ3) is 8.96. The Morgan fingerprint density at radius 1 is 0.181 bits per heavy atom. The summed E-state index contributed by atoms with van der Waals surface area (Å²) in [6.45, 7) is 0. The van der Waals surface area contributed by atoms with Gasteiger partial charge >= 0.3 is 34.2 Å². The summed E-state index contributed by atoms with van der Waals surface area (Å²) < 4.78 is 28.8. The van der Waals surface area contributed by atoms with Crippen LogP contribution < -0.4 is 0 Å². The van der Waals surface area contributed by atoms with Gasteiger partial charge < -0.3 is 16.5 Å². The topological polar surface area (TPSA) is 173 Å². The first-order chi connectivity index (χ1) is 35.0. The first kappa shape index (κ1) is 48.8. The molecule has 16 heteroatoms. The van der Waals surface area contributed by atoms with Crippen molar-refractivity contribution >= 4 is 77.5 Å². The summed E-state index contributed by atoms with van der Waals surface area (Å²) in [5.41, 5.74) is -1.98. The van der Waals surface area contributed by atoms with Crippen molar-refractivity contribution < 1.29 is 54.8 Å². The summed E-state index contributed by atoms with van der Waals surface area (Å²) in [6.07, 6.45) is 0. The van der Waals surface area contributed by atoms with Crippen LogP contribution in [-0.4, -0.2) is 77.5 Å². The zero-order valence-corrected chi connectivity index (χ0v) is 42.0. The van der Waals surface area contributed by atoms with Gasteiger partial charge in [-0.25, -0.2) is 0 Å². The minimum absolute atomic E-state index is 0.248. The van der Waals surface area contributed by atoms with Crippen LogP contribution in [0.1, 0.15) is 82.9 Å². The first-order valence-corrected chi connectivity index (χ1v) is 29.8. The van der Waals surface area contributed by atoms with E-state index in [1.54, 1.807) is 48.5 Å². The van der Waals surface area contributed by atoms with Crippen LogP contribution in [-0.2, 0) is 16.5 Å². The average Bonchev–Trinajstić information content (AvgIpc) is 3.45. The second kappa shape index (κ2) is 20.7. The highest BCUT2D eigenvalue weighted by atomic mass is 28.5. The van der Waals surface area contributed by atoms with Crippen molar-refractivity contribution in [1.82, 2.24) is 0 Å². The first-order valence-electron chi connectivity index (χ1n) is 22.6. The summed E-state index contributed by atoms with van der Waals surface area (Å²) in [5.74, 6) is 0. The number of hydrogen-bond donors (Lipinski definition) is 0. The maximum Gasteiger partial charge on any atom is 0.475 e. The number of hydrogen-bond acceptors (Lipinski definition) is 12. The van der Waals surface area contributed by atoms with E-state index in [9.17, 15) is 0 Å². The van der Waals surface area contributed by atoms with Gasteiger partial charge in [0.1, 0.15) is 0 Å². The fourth-order valence-corrected chi connectivity index (χ4v) is 28.1. The van der Waals surface area contributed by atoms with Crippen molar-refractivity contribution in [2.24, 2.45) is 0 Å². The van der Waals surface area contributed by atoms with E-state index in [-0.39, 0.29) is 44.5 Å². The quantitative estimate of drug-likeness (QED) is 0.0841. The summed E-state index contributed by atoms with van der Waals surface area (Å²) in [6, 6.07) is 57.8. The molecular weight excluding hydrogens is 977 g/mol. The highest BCUT2D eigenvalue weighted by Gasteiger charge is 2.79. The van der Waals surface area contributed by atoms with Crippen molar-refractivity contribution in [1.29, 1.82) is 0 Å². The van der Waals surface area contributed by atoms with Crippen LogP contribution in [0.4, 0.5) is 0 Å². The maximum absolute atomic E-state index is 16.2. The van der Waals surface area contributed by atoms with Crippen LogP contribution in [0, 0.1) is 0 Å². The number of rotatable bonds is 16. The van der Waals surface area contributed by atoms with E-state index in [0.717, 1.165) is 0 Å². The minimum Gasteiger partial charge on any atom is -0.394 e. The molecule has 72 heavy (non-hydrogen) atoms. The molecule has 12 nitrogen and oxygen atoms in total. The Labute approximate surface area is 417 Å². The normalized spacial score (nSPS) is 15.3. The lowest BCUT2D eigenvalue weighted by Gasteiger charge is -2.48. The molecule has 0 aromatic heterocycles. The van der Waals surface area contributed by atoms with E-state index in [0.29, 0.717) is 0 Å². The predicted octanol–water partition coefficient (Wildman–Crippen LogP) is 9.21. The lowest BCUT2D eigenvalue weighted by molar-refractivity contribution is 0.0788. The number of benzene rings is 8. The Bertz CT molecular complexity index is 2660. The Kier molecular flexibility index (Phi) is 14.0. The SMILES string of the molecule is O=C(c1ccccc1)[Si]1(C(=O)c2ccccc2)O[Si](C(=O)c2ccccc2)(C(=O)c2ccccc2)O[Si](C(=O)c2ccccc2)(C(=O)c2ccccc2)O[Si](C(=O)c2ccccc2)(C(=O)c2ccccc2)O1.